The van der Waals surface area contributed by atoms with Crippen LogP contribution >= 0.6 is 23.4 Å². The number of hydrogen-bond donors (Lipinski definition) is 3. The highest BCUT2D eigenvalue weighted by Crippen LogP contribution is 2.24. The van der Waals surface area contributed by atoms with Gasteiger partial charge in [-0.05, 0) is 32.0 Å². The second kappa shape index (κ2) is 9.02. The van der Waals surface area contributed by atoms with Gasteiger partial charge in [0.15, 0.2) is 5.16 Å². The smallest absolute Gasteiger partial charge is 0.261 e. The molecular weight excluding hydrogens is 407 g/mol. The normalized spacial score (nSPS) is 10.9. The number of carbonyl (C=O) groups excluding carboxylic acids is 1. The number of anilines is 3. The summed E-state index contributed by atoms with van der Waals surface area (Å²) in [5, 5.41) is 17.6. The number of fused-ring (bicyclic) bond motifs is 1. The predicted molar refractivity (Wildman–Crippen MR) is 108 cm³/mol. The lowest BCUT2D eigenvalue weighted by Gasteiger charge is -2.10. The lowest BCUT2D eigenvalue weighted by molar-refractivity contribution is -0.113. The minimum Gasteiger partial charge on any atom is -0.355 e. The summed E-state index contributed by atoms with van der Waals surface area (Å²) in [4.78, 5) is 20.9. The van der Waals surface area contributed by atoms with Crippen molar-refractivity contribution in [1.82, 2.24) is 24.6 Å². The molecule has 148 valence electrons. The van der Waals surface area contributed by atoms with Crippen molar-refractivity contribution in [2.75, 3.05) is 34.8 Å². The molecule has 3 N–H and O–H groups in total. The molecule has 0 aliphatic carbocycles. The fourth-order valence-electron chi connectivity index (χ4n) is 2.30. The molecule has 0 atom stereocenters. The Morgan fingerprint density at radius 3 is 2.71 bits per heavy atom. The average molecular weight is 425 g/mol. The average Bonchev–Trinajstić information content (AvgIpc) is 3.06. The number of thioether (sulfide) groups is 1. The Balaban J connectivity index is 1.75. The van der Waals surface area contributed by atoms with Crippen LogP contribution in [0.15, 0.2) is 23.4 Å². The number of halogens is 2. The highest BCUT2D eigenvalue weighted by molar-refractivity contribution is 7.99. The minimum atomic E-state index is -0.472. The molecule has 3 aromatic rings. The lowest BCUT2D eigenvalue weighted by atomic mass is 10.3. The van der Waals surface area contributed by atoms with Crippen LogP contribution in [-0.4, -0.2) is 49.3 Å². The van der Waals surface area contributed by atoms with E-state index in [2.05, 4.69) is 36.1 Å². The summed E-state index contributed by atoms with van der Waals surface area (Å²) < 4.78 is 14.7. The van der Waals surface area contributed by atoms with Crippen LogP contribution in [0.2, 0.25) is 5.02 Å². The van der Waals surface area contributed by atoms with Gasteiger partial charge < -0.3 is 16.0 Å². The van der Waals surface area contributed by atoms with Crippen LogP contribution < -0.4 is 16.0 Å². The molecule has 2 aromatic heterocycles. The fraction of sp³-hybridized carbons (Fsp3) is 0.312. The van der Waals surface area contributed by atoms with E-state index in [1.54, 1.807) is 4.40 Å². The minimum absolute atomic E-state index is 0.0506. The number of nitrogens with one attached hydrogen (secondary N) is 3. The van der Waals surface area contributed by atoms with Gasteiger partial charge in [-0.25, -0.2) is 8.79 Å². The van der Waals surface area contributed by atoms with Crippen molar-refractivity contribution in [3.8, 4) is 0 Å². The number of hydrogen-bond acceptors (Lipinski definition) is 8. The number of aromatic nitrogens is 5. The molecule has 1 aromatic carbocycles. The van der Waals surface area contributed by atoms with E-state index in [1.807, 2.05) is 13.8 Å². The molecule has 0 saturated heterocycles. The maximum absolute atomic E-state index is 13.1. The molecular formula is C16H18ClFN8OS. The van der Waals surface area contributed by atoms with E-state index in [0.717, 1.165) is 6.07 Å². The molecule has 0 bridgehead atoms. The van der Waals surface area contributed by atoms with Crippen LogP contribution in [0.5, 0.6) is 0 Å². The van der Waals surface area contributed by atoms with Gasteiger partial charge in [-0.15, -0.1) is 10.2 Å². The molecule has 1 amide bonds. The molecule has 0 saturated carbocycles. The number of carbonyl (C=O) groups is 1. The summed E-state index contributed by atoms with van der Waals surface area (Å²) in [6, 6.07) is 3.77. The number of nitrogens with zero attached hydrogens (tertiary/aromatic N) is 5. The maximum atomic E-state index is 13.1. The van der Waals surface area contributed by atoms with Crippen LogP contribution in [0.3, 0.4) is 0 Å². The predicted octanol–water partition coefficient (Wildman–Crippen LogP) is 2.91. The molecule has 9 nitrogen and oxygen atoms in total. The molecule has 3 rings (SSSR count). The Labute approximate surface area is 169 Å². The topological polar surface area (TPSA) is 109 Å². The Morgan fingerprint density at radius 2 is 2.00 bits per heavy atom. The molecule has 0 radical (unpaired) electrons. The monoisotopic (exact) mass is 424 g/mol. The molecule has 0 aliphatic rings. The van der Waals surface area contributed by atoms with Crippen molar-refractivity contribution in [2.24, 2.45) is 0 Å². The second-order valence-electron chi connectivity index (χ2n) is 5.51. The third kappa shape index (κ3) is 4.60. The van der Waals surface area contributed by atoms with Crippen molar-refractivity contribution in [3.05, 3.63) is 29.0 Å². The molecule has 0 fully saturated rings. The van der Waals surface area contributed by atoms with Gasteiger partial charge in [0.1, 0.15) is 5.82 Å². The van der Waals surface area contributed by atoms with Crippen LogP contribution in [0.25, 0.3) is 5.78 Å². The molecule has 0 aliphatic heterocycles. The molecule has 0 unspecified atom stereocenters. The van der Waals surface area contributed by atoms with Gasteiger partial charge in [0.25, 0.3) is 5.78 Å². The van der Waals surface area contributed by atoms with Gasteiger partial charge in [-0.2, -0.15) is 9.97 Å². The SMILES string of the molecule is CCNc1nc(NCC)n2c(SCC(=O)Nc3ccc(F)cc3Cl)nnc2n1. The van der Waals surface area contributed by atoms with Crippen molar-refractivity contribution >= 4 is 52.6 Å². The number of benzene rings is 1. The third-order valence-corrected chi connectivity index (χ3v) is 4.69. The Bertz CT molecular complexity index is 998. The van der Waals surface area contributed by atoms with Crippen LogP contribution in [0.1, 0.15) is 13.8 Å². The lowest BCUT2D eigenvalue weighted by Crippen LogP contribution is -2.15. The summed E-state index contributed by atoms with van der Waals surface area (Å²) in [6.45, 7) is 5.20. The van der Waals surface area contributed by atoms with Crippen molar-refractivity contribution in [1.29, 1.82) is 0 Å². The van der Waals surface area contributed by atoms with Gasteiger partial charge in [0, 0.05) is 13.1 Å². The summed E-state index contributed by atoms with van der Waals surface area (Å²) >= 11 is 7.10. The Kier molecular flexibility index (Phi) is 6.47. The first kappa shape index (κ1) is 20.1. The Morgan fingerprint density at radius 1 is 1.21 bits per heavy atom. The van der Waals surface area contributed by atoms with Crippen molar-refractivity contribution < 1.29 is 9.18 Å². The standard InChI is InChI=1S/C16H18ClFN8OS/c1-3-19-13-22-14(20-4-2)26-15(23-13)24-25-16(26)28-8-12(27)21-11-6-5-9(18)7-10(11)17/h5-7H,3-4,8H2,1-2H3,(H,21,27)(H2,19,20,22,23,24). The summed E-state index contributed by atoms with van der Waals surface area (Å²) in [6.07, 6.45) is 0. The quantitative estimate of drug-likeness (QED) is 0.473. The highest BCUT2D eigenvalue weighted by Gasteiger charge is 2.16. The third-order valence-electron chi connectivity index (χ3n) is 3.45. The van der Waals surface area contributed by atoms with Crippen molar-refractivity contribution in [3.63, 3.8) is 0 Å². The molecule has 2 heterocycles. The van der Waals surface area contributed by atoms with E-state index in [4.69, 9.17) is 11.6 Å². The summed E-state index contributed by atoms with van der Waals surface area (Å²) in [7, 11) is 0. The van der Waals surface area contributed by atoms with Crippen LogP contribution in [0, 0.1) is 5.82 Å². The first-order valence-corrected chi connectivity index (χ1v) is 9.86. The molecule has 0 spiro atoms. The van der Waals surface area contributed by atoms with E-state index in [-0.39, 0.29) is 16.7 Å². The summed E-state index contributed by atoms with van der Waals surface area (Å²) in [5.74, 6) is 0.600. The van der Waals surface area contributed by atoms with E-state index in [1.165, 1.54) is 23.9 Å². The summed E-state index contributed by atoms with van der Waals surface area (Å²) in [5.41, 5.74) is 0.340. The van der Waals surface area contributed by atoms with Gasteiger partial charge in [0.05, 0.1) is 16.5 Å². The largest absolute Gasteiger partial charge is 0.355 e. The van der Waals surface area contributed by atoms with Crippen LogP contribution in [-0.2, 0) is 4.79 Å². The van der Waals surface area contributed by atoms with E-state index >= 15 is 0 Å². The van der Waals surface area contributed by atoms with E-state index < -0.39 is 5.82 Å². The second-order valence-corrected chi connectivity index (χ2v) is 6.86. The highest BCUT2D eigenvalue weighted by atomic mass is 35.5. The number of rotatable bonds is 8. The first-order valence-electron chi connectivity index (χ1n) is 8.50. The molecule has 28 heavy (non-hydrogen) atoms. The van der Waals surface area contributed by atoms with E-state index in [0.29, 0.717) is 41.6 Å². The van der Waals surface area contributed by atoms with Gasteiger partial charge in [-0.3, -0.25) is 4.79 Å². The van der Waals surface area contributed by atoms with Gasteiger partial charge in [0.2, 0.25) is 17.8 Å². The van der Waals surface area contributed by atoms with Gasteiger partial charge >= 0.3 is 0 Å². The maximum Gasteiger partial charge on any atom is 0.261 e. The van der Waals surface area contributed by atoms with Crippen molar-refractivity contribution in [2.45, 2.75) is 19.0 Å². The Hall–Kier alpha value is -2.66. The molecule has 12 heteroatoms. The van der Waals surface area contributed by atoms with Gasteiger partial charge in [-0.1, -0.05) is 23.4 Å². The number of amides is 1. The zero-order valence-corrected chi connectivity index (χ0v) is 16.7. The zero-order valence-electron chi connectivity index (χ0n) is 15.2. The fourth-order valence-corrected chi connectivity index (χ4v) is 3.25. The zero-order chi connectivity index (χ0) is 20.1. The van der Waals surface area contributed by atoms with Crippen LogP contribution in [0.4, 0.5) is 22.0 Å². The first-order chi connectivity index (χ1) is 13.5. The van der Waals surface area contributed by atoms with E-state index in [9.17, 15) is 9.18 Å².